The highest BCUT2D eigenvalue weighted by molar-refractivity contribution is 5.75. The molecule has 0 bridgehead atoms. The van der Waals surface area contributed by atoms with E-state index in [9.17, 15) is 9.90 Å². The summed E-state index contributed by atoms with van der Waals surface area (Å²) in [5.41, 5.74) is 5.44. The zero-order valence-electron chi connectivity index (χ0n) is 11.6. The predicted molar refractivity (Wildman–Crippen MR) is 73.1 cm³/mol. The third-order valence-corrected chi connectivity index (χ3v) is 4.18. The van der Waals surface area contributed by atoms with Gasteiger partial charge in [-0.3, -0.25) is 4.79 Å². The van der Waals surface area contributed by atoms with E-state index in [-0.39, 0.29) is 17.9 Å². The van der Waals surface area contributed by atoms with Crippen molar-refractivity contribution in [3.8, 4) is 0 Å². The molecule has 4 nitrogen and oxygen atoms in total. The van der Waals surface area contributed by atoms with E-state index in [2.05, 4.69) is 12.2 Å². The topological polar surface area (TPSA) is 75.4 Å². The number of hydrogen-bond acceptors (Lipinski definition) is 3. The van der Waals surface area contributed by atoms with Crippen LogP contribution in [0.1, 0.15) is 51.9 Å². The van der Waals surface area contributed by atoms with Crippen LogP contribution in [0.25, 0.3) is 0 Å². The van der Waals surface area contributed by atoms with Gasteiger partial charge in [0.25, 0.3) is 0 Å². The van der Waals surface area contributed by atoms with Gasteiger partial charge in [-0.1, -0.05) is 19.8 Å². The molecular weight excluding hydrogens is 228 g/mol. The van der Waals surface area contributed by atoms with E-state index in [0.717, 1.165) is 25.7 Å². The van der Waals surface area contributed by atoms with Gasteiger partial charge in [-0.05, 0) is 38.1 Å². The lowest BCUT2D eigenvalue weighted by Gasteiger charge is -2.26. The quantitative estimate of drug-likeness (QED) is 0.615. The summed E-state index contributed by atoms with van der Waals surface area (Å²) in [5, 5.41) is 12.4. The molecule has 0 heterocycles. The van der Waals surface area contributed by atoms with Gasteiger partial charge < -0.3 is 16.2 Å². The van der Waals surface area contributed by atoms with Crippen LogP contribution in [0.15, 0.2) is 0 Å². The van der Waals surface area contributed by atoms with Gasteiger partial charge >= 0.3 is 0 Å². The Morgan fingerprint density at radius 1 is 1.39 bits per heavy atom. The molecule has 1 rings (SSSR count). The maximum absolute atomic E-state index is 11.7. The smallest absolute Gasteiger partial charge is 0.220 e. The minimum atomic E-state index is -0.0431. The van der Waals surface area contributed by atoms with Crippen LogP contribution >= 0.6 is 0 Å². The fraction of sp³-hybridized carbons (Fsp3) is 0.929. The van der Waals surface area contributed by atoms with Gasteiger partial charge in [0.05, 0.1) is 6.61 Å². The van der Waals surface area contributed by atoms with Gasteiger partial charge in [-0.25, -0.2) is 0 Å². The molecule has 1 aliphatic rings. The Morgan fingerprint density at radius 3 is 2.61 bits per heavy atom. The molecule has 0 radical (unpaired) electrons. The molecule has 1 unspecified atom stereocenters. The number of nitrogens with one attached hydrogen (secondary N) is 1. The van der Waals surface area contributed by atoms with Gasteiger partial charge in [0.15, 0.2) is 0 Å². The first-order valence-electron chi connectivity index (χ1n) is 7.19. The van der Waals surface area contributed by atoms with Crippen molar-refractivity contribution < 1.29 is 9.90 Å². The first-order valence-corrected chi connectivity index (χ1v) is 7.19. The van der Waals surface area contributed by atoms with Crippen LogP contribution < -0.4 is 11.1 Å². The molecule has 4 N–H and O–H groups in total. The molecule has 0 aliphatic heterocycles. The number of nitrogens with two attached hydrogens (primary N) is 1. The summed E-state index contributed by atoms with van der Waals surface area (Å²) in [4.78, 5) is 11.7. The molecule has 0 saturated heterocycles. The minimum Gasteiger partial charge on any atom is -0.396 e. The van der Waals surface area contributed by atoms with Crippen LogP contribution in [-0.4, -0.2) is 30.7 Å². The molecule has 0 aromatic rings. The van der Waals surface area contributed by atoms with Crippen LogP contribution in [-0.2, 0) is 4.79 Å². The SMILES string of the molecule is CC(CCN)CCC(=O)NCC1(CO)CCCC1. The lowest BCUT2D eigenvalue weighted by atomic mass is 9.87. The molecular formula is C14H28N2O2. The molecule has 4 heteroatoms. The predicted octanol–water partition coefficient (Wildman–Crippen LogP) is 1.42. The average molecular weight is 256 g/mol. The molecule has 1 amide bonds. The summed E-state index contributed by atoms with van der Waals surface area (Å²) < 4.78 is 0. The average Bonchev–Trinajstić information content (AvgIpc) is 2.84. The van der Waals surface area contributed by atoms with Crippen LogP contribution in [0.3, 0.4) is 0 Å². The van der Waals surface area contributed by atoms with Gasteiger partial charge in [-0.2, -0.15) is 0 Å². The summed E-state index contributed by atoms with van der Waals surface area (Å²) in [7, 11) is 0. The van der Waals surface area contributed by atoms with Crippen molar-refractivity contribution in [1.82, 2.24) is 5.32 Å². The fourth-order valence-corrected chi connectivity index (χ4v) is 2.70. The van der Waals surface area contributed by atoms with Gasteiger partial charge in [0, 0.05) is 18.4 Å². The van der Waals surface area contributed by atoms with Crippen molar-refractivity contribution in [3.05, 3.63) is 0 Å². The molecule has 1 fully saturated rings. The molecule has 1 saturated carbocycles. The summed E-state index contributed by atoms with van der Waals surface area (Å²) in [5.74, 6) is 0.623. The fourth-order valence-electron chi connectivity index (χ4n) is 2.70. The third kappa shape index (κ3) is 4.94. The Labute approximate surface area is 110 Å². The molecule has 0 aromatic carbocycles. The van der Waals surface area contributed by atoms with E-state index in [4.69, 9.17) is 5.73 Å². The normalized spacial score (nSPS) is 19.7. The molecule has 1 aliphatic carbocycles. The van der Waals surface area contributed by atoms with E-state index in [1.165, 1.54) is 12.8 Å². The van der Waals surface area contributed by atoms with E-state index in [0.29, 0.717) is 25.4 Å². The van der Waals surface area contributed by atoms with Crippen molar-refractivity contribution in [2.45, 2.75) is 51.9 Å². The lowest BCUT2D eigenvalue weighted by Crippen LogP contribution is -2.38. The zero-order valence-corrected chi connectivity index (χ0v) is 11.6. The number of hydrogen-bond donors (Lipinski definition) is 3. The van der Waals surface area contributed by atoms with E-state index < -0.39 is 0 Å². The maximum atomic E-state index is 11.7. The standard InChI is InChI=1S/C14H28N2O2/c1-12(6-9-15)4-5-13(18)16-10-14(11-17)7-2-3-8-14/h12,17H,2-11,15H2,1H3,(H,16,18). The Kier molecular flexibility index (Phi) is 6.65. The van der Waals surface area contributed by atoms with Crippen molar-refractivity contribution >= 4 is 5.91 Å². The number of carbonyl (C=O) groups excluding carboxylic acids is 1. The third-order valence-electron chi connectivity index (χ3n) is 4.18. The number of aliphatic hydroxyl groups excluding tert-OH is 1. The van der Waals surface area contributed by atoms with Crippen molar-refractivity contribution in [3.63, 3.8) is 0 Å². The number of aliphatic hydroxyl groups is 1. The van der Waals surface area contributed by atoms with E-state index in [1.807, 2.05) is 0 Å². The second kappa shape index (κ2) is 7.74. The summed E-state index contributed by atoms with van der Waals surface area (Å²) in [6, 6.07) is 0. The number of carbonyl (C=O) groups is 1. The molecule has 106 valence electrons. The summed E-state index contributed by atoms with van der Waals surface area (Å²) >= 11 is 0. The number of amides is 1. The summed E-state index contributed by atoms with van der Waals surface area (Å²) in [6.07, 6.45) is 6.86. The van der Waals surface area contributed by atoms with E-state index >= 15 is 0 Å². The van der Waals surface area contributed by atoms with Crippen LogP contribution in [0.5, 0.6) is 0 Å². The second-order valence-electron chi connectivity index (χ2n) is 5.86. The highest BCUT2D eigenvalue weighted by Gasteiger charge is 2.33. The monoisotopic (exact) mass is 256 g/mol. The molecule has 0 spiro atoms. The van der Waals surface area contributed by atoms with Gasteiger partial charge in [0.1, 0.15) is 0 Å². The largest absolute Gasteiger partial charge is 0.396 e. The highest BCUT2D eigenvalue weighted by atomic mass is 16.3. The maximum Gasteiger partial charge on any atom is 0.220 e. The van der Waals surface area contributed by atoms with Crippen LogP contribution in [0.4, 0.5) is 0 Å². The number of rotatable bonds is 8. The van der Waals surface area contributed by atoms with E-state index in [1.54, 1.807) is 0 Å². The Balaban J connectivity index is 2.20. The molecule has 0 aromatic heterocycles. The first kappa shape index (κ1) is 15.4. The Hall–Kier alpha value is -0.610. The Bertz CT molecular complexity index is 250. The van der Waals surface area contributed by atoms with Crippen molar-refractivity contribution in [1.29, 1.82) is 0 Å². The minimum absolute atomic E-state index is 0.0431. The lowest BCUT2D eigenvalue weighted by molar-refractivity contribution is -0.122. The molecule has 18 heavy (non-hydrogen) atoms. The van der Waals surface area contributed by atoms with Crippen molar-refractivity contribution in [2.24, 2.45) is 17.1 Å². The second-order valence-corrected chi connectivity index (χ2v) is 5.86. The van der Waals surface area contributed by atoms with Gasteiger partial charge in [0.2, 0.25) is 5.91 Å². The highest BCUT2D eigenvalue weighted by Crippen LogP contribution is 2.36. The zero-order chi connectivity index (χ0) is 13.4. The van der Waals surface area contributed by atoms with Crippen LogP contribution in [0.2, 0.25) is 0 Å². The van der Waals surface area contributed by atoms with Gasteiger partial charge in [-0.15, -0.1) is 0 Å². The van der Waals surface area contributed by atoms with Crippen LogP contribution in [0, 0.1) is 11.3 Å². The van der Waals surface area contributed by atoms with Crippen molar-refractivity contribution in [2.75, 3.05) is 19.7 Å². The molecule has 1 atom stereocenters. The summed E-state index contributed by atoms with van der Waals surface area (Å²) in [6.45, 7) is 3.65. The Morgan fingerprint density at radius 2 is 2.06 bits per heavy atom. The first-order chi connectivity index (χ1) is 8.62.